The predicted molar refractivity (Wildman–Crippen MR) is 74.3 cm³/mol. The summed E-state index contributed by atoms with van der Waals surface area (Å²) in [6.45, 7) is 1.88. The Hall–Kier alpha value is -2.82. The lowest BCUT2D eigenvalue weighted by Crippen LogP contribution is -1.93. The van der Waals surface area contributed by atoms with E-state index in [1.165, 1.54) is 6.20 Å². The minimum atomic E-state index is -0.965. The van der Waals surface area contributed by atoms with Crippen molar-refractivity contribution in [1.29, 1.82) is 0 Å². The van der Waals surface area contributed by atoms with Crippen molar-refractivity contribution in [2.75, 3.05) is 0 Å². The molecule has 0 atom stereocenters. The van der Waals surface area contributed by atoms with Crippen LogP contribution in [0.15, 0.2) is 42.7 Å². The second kappa shape index (κ2) is 4.70. The number of hydrogen-bond donors (Lipinski definition) is 2. The van der Waals surface area contributed by atoms with E-state index in [1.807, 2.05) is 13.0 Å². The van der Waals surface area contributed by atoms with Gasteiger partial charge in [-0.15, -0.1) is 0 Å². The Kier molecular flexibility index (Phi) is 2.87. The van der Waals surface area contributed by atoms with E-state index in [1.54, 1.807) is 30.5 Å². The first-order chi connectivity index (χ1) is 9.63. The number of fused-ring (bicyclic) bond motifs is 1. The molecule has 0 unspecified atom stereocenters. The molecule has 0 aliphatic heterocycles. The first-order valence-electron chi connectivity index (χ1n) is 6.08. The highest BCUT2D eigenvalue weighted by Crippen LogP contribution is 2.27. The molecule has 0 radical (unpaired) electrons. The smallest absolute Gasteiger partial charge is 0.337 e. The van der Waals surface area contributed by atoms with Crippen LogP contribution in [0, 0.1) is 6.92 Å². The Balaban J connectivity index is 2.00. The van der Waals surface area contributed by atoms with Gasteiger partial charge in [-0.3, -0.25) is 4.98 Å². The number of carboxylic acid groups (broad SMARTS) is 1. The van der Waals surface area contributed by atoms with Gasteiger partial charge in [0.2, 0.25) is 0 Å². The normalized spacial score (nSPS) is 10.7. The van der Waals surface area contributed by atoms with Gasteiger partial charge in [0.1, 0.15) is 11.5 Å². The van der Waals surface area contributed by atoms with Crippen molar-refractivity contribution in [3.8, 4) is 11.5 Å². The number of benzene rings is 1. The molecule has 0 amide bonds. The minimum absolute atomic E-state index is 0.233. The van der Waals surface area contributed by atoms with E-state index in [-0.39, 0.29) is 5.56 Å². The van der Waals surface area contributed by atoms with Crippen molar-refractivity contribution in [2.24, 2.45) is 0 Å². The second-order valence-electron chi connectivity index (χ2n) is 4.45. The van der Waals surface area contributed by atoms with Crippen LogP contribution in [0.3, 0.4) is 0 Å². The maximum Gasteiger partial charge on any atom is 0.337 e. The maximum absolute atomic E-state index is 11.1. The summed E-state index contributed by atoms with van der Waals surface area (Å²) < 4.78 is 5.72. The number of aromatic carboxylic acids is 1. The third kappa shape index (κ3) is 2.21. The van der Waals surface area contributed by atoms with E-state index in [9.17, 15) is 4.79 Å². The Morgan fingerprint density at radius 2 is 2.05 bits per heavy atom. The van der Waals surface area contributed by atoms with E-state index in [0.29, 0.717) is 16.9 Å². The van der Waals surface area contributed by atoms with E-state index >= 15 is 0 Å². The number of ether oxygens (including phenoxy) is 1. The highest BCUT2D eigenvalue weighted by Gasteiger charge is 2.11. The summed E-state index contributed by atoms with van der Waals surface area (Å²) in [7, 11) is 0. The van der Waals surface area contributed by atoms with Crippen LogP contribution < -0.4 is 4.74 Å². The minimum Gasteiger partial charge on any atom is -0.478 e. The fourth-order valence-electron chi connectivity index (χ4n) is 2.06. The first-order valence-corrected chi connectivity index (χ1v) is 6.08. The number of aryl methyl sites for hydroxylation is 1. The number of nitrogens with one attached hydrogen (secondary N) is 1. The summed E-state index contributed by atoms with van der Waals surface area (Å²) in [5.41, 5.74) is 1.86. The lowest BCUT2D eigenvalue weighted by Gasteiger charge is -2.06. The fraction of sp³-hybridized carbons (Fsp3) is 0.0667. The van der Waals surface area contributed by atoms with Gasteiger partial charge in [-0.2, -0.15) is 0 Å². The highest BCUT2D eigenvalue weighted by molar-refractivity contribution is 6.03. The number of H-pyrrole nitrogens is 1. The van der Waals surface area contributed by atoms with Gasteiger partial charge in [0, 0.05) is 35.1 Å². The van der Waals surface area contributed by atoms with Gasteiger partial charge in [0.25, 0.3) is 0 Å². The summed E-state index contributed by atoms with van der Waals surface area (Å²) in [6.07, 6.45) is 3.15. The number of hydrogen-bond acceptors (Lipinski definition) is 3. The zero-order valence-corrected chi connectivity index (χ0v) is 10.8. The molecule has 0 saturated carbocycles. The zero-order chi connectivity index (χ0) is 14.1. The van der Waals surface area contributed by atoms with Crippen LogP contribution in [0.1, 0.15) is 16.1 Å². The number of pyridine rings is 1. The Morgan fingerprint density at radius 1 is 1.25 bits per heavy atom. The standard InChI is InChI=1S/C15H12N2O3/c1-9-6-11(4-5-16-9)20-10-2-3-14-12(7-10)13(8-17-14)15(18)19/h2-8,17H,1H3,(H,18,19). The van der Waals surface area contributed by atoms with Crippen LogP contribution in [-0.2, 0) is 0 Å². The first kappa shape index (κ1) is 12.2. The maximum atomic E-state index is 11.1. The van der Waals surface area contributed by atoms with Crippen molar-refractivity contribution >= 4 is 16.9 Å². The average Bonchev–Trinajstić information content (AvgIpc) is 2.82. The third-order valence-electron chi connectivity index (χ3n) is 2.99. The molecule has 0 aliphatic carbocycles. The van der Waals surface area contributed by atoms with Crippen molar-refractivity contribution in [1.82, 2.24) is 9.97 Å². The number of aromatic amines is 1. The molecule has 5 heteroatoms. The van der Waals surface area contributed by atoms with Gasteiger partial charge < -0.3 is 14.8 Å². The van der Waals surface area contributed by atoms with E-state index in [2.05, 4.69) is 9.97 Å². The van der Waals surface area contributed by atoms with E-state index in [0.717, 1.165) is 11.2 Å². The summed E-state index contributed by atoms with van der Waals surface area (Å²) in [5.74, 6) is 0.294. The summed E-state index contributed by atoms with van der Waals surface area (Å²) in [4.78, 5) is 18.1. The van der Waals surface area contributed by atoms with Gasteiger partial charge in [-0.25, -0.2) is 4.79 Å². The molecule has 0 saturated heterocycles. The molecule has 20 heavy (non-hydrogen) atoms. The average molecular weight is 268 g/mol. The molecule has 3 rings (SSSR count). The Bertz CT molecular complexity index is 793. The lowest BCUT2D eigenvalue weighted by molar-refractivity contribution is 0.0699. The Labute approximate surface area is 114 Å². The molecule has 0 fully saturated rings. The SMILES string of the molecule is Cc1cc(Oc2ccc3[nH]cc(C(=O)O)c3c2)ccn1. The largest absolute Gasteiger partial charge is 0.478 e. The number of carboxylic acids is 1. The van der Waals surface area contributed by atoms with E-state index in [4.69, 9.17) is 9.84 Å². The molecule has 0 bridgehead atoms. The quantitative estimate of drug-likeness (QED) is 0.763. The topological polar surface area (TPSA) is 75.2 Å². The molecule has 1 aromatic carbocycles. The van der Waals surface area contributed by atoms with Crippen molar-refractivity contribution in [2.45, 2.75) is 6.92 Å². The van der Waals surface area contributed by atoms with E-state index < -0.39 is 5.97 Å². The van der Waals surface area contributed by atoms with Crippen molar-refractivity contribution in [3.63, 3.8) is 0 Å². The molecule has 2 N–H and O–H groups in total. The number of carbonyl (C=O) groups is 1. The molecule has 100 valence electrons. The van der Waals surface area contributed by atoms with Crippen LogP contribution in [0.25, 0.3) is 10.9 Å². The lowest BCUT2D eigenvalue weighted by atomic mass is 10.1. The van der Waals surface area contributed by atoms with Crippen molar-refractivity contribution < 1.29 is 14.6 Å². The predicted octanol–water partition coefficient (Wildman–Crippen LogP) is 3.36. The monoisotopic (exact) mass is 268 g/mol. The van der Waals surface area contributed by atoms with Gasteiger partial charge in [-0.05, 0) is 31.2 Å². The van der Waals surface area contributed by atoms with Crippen molar-refractivity contribution in [3.05, 3.63) is 54.0 Å². The van der Waals surface area contributed by atoms with Gasteiger partial charge in [-0.1, -0.05) is 0 Å². The van der Waals surface area contributed by atoms with Gasteiger partial charge in [0.15, 0.2) is 0 Å². The number of nitrogens with zero attached hydrogens (tertiary/aromatic N) is 1. The van der Waals surface area contributed by atoms with Gasteiger partial charge in [0.05, 0.1) is 5.56 Å². The second-order valence-corrected chi connectivity index (χ2v) is 4.45. The molecule has 0 aliphatic rings. The number of aromatic nitrogens is 2. The molecular weight excluding hydrogens is 256 g/mol. The van der Waals surface area contributed by atoms with Crippen LogP contribution in [0.5, 0.6) is 11.5 Å². The number of rotatable bonds is 3. The summed E-state index contributed by atoms with van der Waals surface area (Å²) in [5, 5.41) is 9.75. The molecule has 5 nitrogen and oxygen atoms in total. The van der Waals surface area contributed by atoms with Crippen LogP contribution >= 0.6 is 0 Å². The molecular formula is C15H12N2O3. The molecule has 0 spiro atoms. The molecule has 3 aromatic rings. The Morgan fingerprint density at radius 3 is 2.80 bits per heavy atom. The van der Waals surface area contributed by atoms with Crippen LogP contribution in [0.2, 0.25) is 0 Å². The molecule has 2 heterocycles. The zero-order valence-electron chi connectivity index (χ0n) is 10.8. The molecule has 2 aromatic heterocycles. The summed E-state index contributed by atoms with van der Waals surface area (Å²) in [6, 6.07) is 8.88. The highest BCUT2D eigenvalue weighted by atomic mass is 16.5. The van der Waals surface area contributed by atoms with Crippen LogP contribution in [-0.4, -0.2) is 21.0 Å². The van der Waals surface area contributed by atoms with Crippen LogP contribution in [0.4, 0.5) is 0 Å². The summed E-state index contributed by atoms with van der Waals surface area (Å²) >= 11 is 0. The fourth-order valence-corrected chi connectivity index (χ4v) is 2.06. The third-order valence-corrected chi connectivity index (χ3v) is 2.99. The van der Waals surface area contributed by atoms with Gasteiger partial charge >= 0.3 is 5.97 Å².